The van der Waals surface area contributed by atoms with Crippen molar-refractivity contribution in [2.75, 3.05) is 0 Å². The number of hydrogen-bond acceptors (Lipinski definition) is 3. The summed E-state index contributed by atoms with van der Waals surface area (Å²) in [5.74, 6) is 0. The van der Waals surface area contributed by atoms with Crippen molar-refractivity contribution in [3.63, 3.8) is 0 Å². The molecule has 120 valence electrons. The summed E-state index contributed by atoms with van der Waals surface area (Å²) in [6.45, 7) is 0.969. The van der Waals surface area contributed by atoms with Crippen molar-refractivity contribution in [2.45, 2.75) is 56.8 Å². The zero-order chi connectivity index (χ0) is 15.6. The molecule has 0 radical (unpaired) electrons. The van der Waals surface area contributed by atoms with E-state index in [1.807, 2.05) is 12.3 Å². The average Bonchev–Trinajstić information content (AvgIpc) is 2.57. The lowest BCUT2D eigenvalue weighted by molar-refractivity contribution is 0.0235. The van der Waals surface area contributed by atoms with Gasteiger partial charge in [-0.25, -0.2) is 0 Å². The van der Waals surface area contributed by atoms with E-state index in [1.165, 1.54) is 36.1 Å². The van der Waals surface area contributed by atoms with Gasteiger partial charge in [0.15, 0.2) is 0 Å². The Labute approximate surface area is 138 Å². The first-order valence-corrected chi connectivity index (χ1v) is 8.81. The topological polar surface area (TPSA) is 42.1 Å². The van der Waals surface area contributed by atoms with E-state index < -0.39 is 0 Å². The van der Waals surface area contributed by atoms with Gasteiger partial charge in [0, 0.05) is 36.4 Å². The van der Waals surface area contributed by atoms with E-state index in [9.17, 15) is 0 Å². The van der Waals surface area contributed by atoms with Gasteiger partial charge < -0.3 is 5.73 Å². The van der Waals surface area contributed by atoms with E-state index in [0.717, 1.165) is 19.4 Å². The Bertz CT molecular complexity index is 624. The monoisotopic (exact) mass is 307 g/mol. The predicted octanol–water partition coefficient (Wildman–Crippen LogP) is 3.59. The predicted molar refractivity (Wildman–Crippen MR) is 93.9 cm³/mol. The van der Waals surface area contributed by atoms with Gasteiger partial charge in [-0.1, -0.05) is 42.8 Å². The number of pyridine rings is 1. The number of fused-ring (bicyclic) bond motifs is 2. The van der Waals surface area contributed by atoms with E-state index >= 15 is 0 Å². The Balaban J connectivity index is 1.49. The minimum Gasteiger partial charge on any atom is -0.328 e. The zero-order valence-electron chi connectivity index (χ0n) is 13.6. The number of rotatable bonds is 3. The highest BCUT2D eigenvalue weighted by atomic mass is 15.2. The van der Waals surface area contributed by atoms with Crippen LogP contribution in [0.1, 0.15) is 37.8 Å². The van der Waals surface area contributed by atoms with Gasteiger partial charge in [0.2, 0.25) is 0 Å². The lowest BCUT2D eigenvalue weighted by atomic mass is 9.82. The van der Waals surface area contributed by atoms with E-state index in [4.69, 9.17) is 10.7 Å². The van der Waals surface area contributed by atoms with Crippen molar-refractivity contribution in [3.05, 3.63) is 54.4 Å². The average molecular weight is 307 g/mol. The molecule has 3 heteroatoms. The van der Waals surface area contributed by atoms with Crippen LogP contribution < -0.4 is 5.73 Å². The Hall–Kier alpha value is -1.71. The summed E-state index contributed by atoms with van der Waals surface area (Å²) in [6.07, 6.45) is 8.27. The third-order valence-corrected chi connectivity index (χ3v) is 5.44. The molecule has 23 heavy (non-hydrogen) atoms. The largest absolute Gasteiger partial charge is 0.328 e. The standard InChI is InChI=1S/C20H25N3/c21-17-11-19-7-4-8-20(12-17)23(19)14-18-10-9-16(13-22-18)15-5-2-1-3-6-15/h1-3,5-6,9-10,13,17,19-20H,4,7-8,11-12,14,21H2. The van der Waals surface area contributed by atoms with Crippen LogP contribution in [-0.4, -0.2) is 28.0 Å². The van der Waals surface area contributed by atoms with Gasteiger partial charge in [-0.3, -0.25) is 9.88 Å². The molecule has 2 saturated heterocycles. The van der Waals surface area contributed by atoms with Gasteiger partial charge in [0.25, 0.3) is 0 Å². The van der Waals surface area contributed by atoms with Crippen molar-refractivity contribution in [2.24, 2.45) is 5.73 Å². The smallest absolute Gasteiger partial charge is 0.0544 e. The number of hydrogen-bond donors (Lipinski definition) is 1. The summed E-state index contributed by atoms with van der Waals surface area (Å²) in [4.78, 5) is 7.39. The van der Waals surface area contributed by atoms with Gasteiger partial charge in [0.1, 0.15) is 0 Å². The zero-order valence-corrected chi connectivity index (χ0v) is 13.6. The maximum atomic E-state index is 6.22. The number of aromatic nitrogens is 1. The van der Waals surface area contributed by atoms with Gasteiger partial charge in [-0.2, -0.15) is 0 Å². The number of nitrogens with two attached hydrogens (primary N) is 1. The first-order chi connectivity index (χ1) is 11.3. The molecule has 0 aliphatic carbocycles. The fraction of sp³-hybridized carbons (Fsp3) is 0.450. The maximum absolute atomic E-state index is 6.22. The van der Waals surface area contributed by atoms with Crippen LogP contribution in [-0.2, 0) is 6.54 Å². The molecule has 0 spiro atoms. The Kier molecular flexibility index (Phi) is 4.15. The number of nitrogens with zero attached hydrogens (tertiary/aromatic N) is 2. The van der Waals surface area contributed by atoms with E-state index in [-0.39, 0.29) is 0 Å². The van der Waals surface area contributed by atoms with Crippen LogP contribution in [0.25, 0.3) is 11.1 Å². The molecule has 2 aliphatic heterocycles. The van der Waals surface area contributed by atoms with Gasteiger partial charge in [-0.15, -0.1) is 0 Å². The first-order valence-electron chi connectivity index (χ1n) is 8.81. The first kappa shape index (κ1) is 14.9. The third kappa shape index (κ3) is 3.17. The molecule has 4 rings (SSSR count). The summed E-state index contributed by atoms with van der Waals surface area (Å²) < 4.78 is 0. The van der Waals surface area contributed by atoms with E-state index in [2.05, 4.69) is 41.3 Å². The second kappa shape index (κ2) is 6.42. The Morgan fingerprint density at radius 2 is 1.70 bits per heavy atom. The lowest BCUT2D eigenvalue weighted by Gasteiger charge is -2.48. The molecule has 0 amide bonds. The van der Waals surface area contributed by atoms with Crippen LogP contribution in [0.5, 0.6) is 0 Å². The number of benzene rings is 1. The molecule has 2 N–H and O–H groups in total. The molecule has 2 bridgehead atoms. The third-order valence-electron chi connectivity index (χ3n) is 5.44. The fourth-order valence-electron chi connectivity index (χ4n) is 4.29. The van der Waals surface area contributed by atoms with Crippen molar-refractivity contribution in [1.29, 1.82) is 0 Å². The van der Waals surface area contributed by atoms with Crippen LogP contribution in [0.15, 0.2) is 48.7 Å². The highest BCUT2D eigenvalue weighted by Crippen LogP contribution is 2.34. The molecular weight excluding hydrogens is 282 g/mol. The highest BCUT2D eigenvalue weighted by Gasteiger charge is 2.36. The number of piperidine rings is 2. The van der Waals surface area contributed by atoms with Crippen LogP contribution in [0, 0.1) is 0 Å². The molecular formula is C20H25N3. The Morgan fingerprint density at radius 1 is 0.957 bits per heavy atom. The molecule has 0 saturated carbocycles. The summed E-state index contributed by atoms with van der Waals surface area (Å²) >= 11 is 0. The molecule has 2 aliphatic rings. The minimum absolute atomic E-state index is 0.398. The lowest BCUT2D eigenvalue weighted by Crippen LogP contribution is -2.54. The molecule has 2 aromatic rings. The second-order valence-corrected chi connectivity index (χ2v) is 7.05. The molecule has 3 nitrogen and oxygen atoms in total. The van der Waals surface area contributed by atoms with Crippen molar-refractivity contribution < 1.29 is 0 Å². The van der Waals surface area contributed by atoms with Crippen LogP contribution >= 0.6 is 0 Å². The van der Waals surface area contributed by atoms with Crippen molar-refractivity contribution >= 4 is 0 Å². The van der Waals surface area contributed by atoms with E-state index in [1.54, 1.807) is 0 Å². The van der Waals surface area contributed by atoms with Crippen LogP contribution in [0.2, 0.25) is 0 Å². The molecule has 1 aromatic heterocycles. The van der Waals surface area contributed by atoms with E-state index in [0.29, 0.717) is 18.1 Å². The maximum Gasteiger partial charge on any atom is 0.0544 e. The fourth-order valence-corrected chi connectivity index (χ4v) is 4.29. The van der Waals surface area contributed by atoms with Crippen molar-refractivity contribution in [3.8, 4) is 11.1 Å². The summed E-state index contributed by atoms with van der Waals surface area (Å²) in [6, 6.07) is 16.6. The molecule has 2 unspecified atom stereocenters. The molecule has 3 heterocycles. The minimum atomic E-state index is 0.398. The van der Waals surface area contributed by atoms with Crippen LogP contribution in [0.4, 0.5) is 0 Å². The highest BCUT2D eigenvalue weighted by molar-refractivity contribution is 5.62. The molecule has 2 fully saturated rings. The Morgan fingerprint density at radius 3 is 2.35 bits per heavy atom. The molecule has 2 atom stereocenters. The summed E-state index contributed by atoms with van der Waals surface area (Å²) in [7, 11) is 0. The second-order valence-electron chi connectivity index (χ2n) is 7.05. The summed E-state index contributed by atoms with van der Waals surface area (Å²) in [5.41, 5.74) is 9.82. The van der Waals surface area contributed by atoms with Gasteiger partial charge >= 0.3 is 0 Å². The summed E-state index contributed by atoms with van der Waals surface area (Å²) in [5, 5.41) is 0. The SMILES string of the molecule is NC1CC2CCCC(C1)N2Cc1ccc(-c2ccccc2)cn1. The van der Waals surface area contributed by atoms with Crippen LogP contribution in [0.3, 0.4) is 0 Å². The normalized spacial score (nSPS) is 27.8. The van der Waals surface area contributed by atoms with Gasteiger partial charge in [0.05, 0.1) is 5.69 Å². The van der Waals surface area contributed by atoms with Gasteiger partial charge in [-0.05, 0) is 37.3 Å². The molecule has 1 aromatic carbocycles. The van der Waals surface area contributed by atoms with Crippen molar-refractivity contribution in [1.82, 2.24) is 9.88 Å². The quantitative estimate of drug-likeness (QED) is 0.942.